The van der Waals surface area contributed by atoms with Crippen LogP contribution in [0.1, 0.15) is 28.8 Å². The Kier molecular flexibility index (Phi) is 6.09. The number of phenolic OH excluding ortho intramolecular Hbond substituents is 1. The van der Waals surface area contributed by atoms with Crippen molar-refractivity contribution < 1.29 is 9.90 Å². The lowest BCUT2D eigenvalue weighted by molar-refractivity contribution is 0.0646. The van der Waals surface area contributed by atoms with Crippen LogP contribution < -0.4 is 0 Å². The highest BCUT2D eigenvalue weighted by atomic mass is 16.3. The number of likely N-dealkylation sites (N-methyl/N-ethyl adjacent to an activating group) is 1. The third kappa shape index (κ3) is 4.52. The lowest BCUT2D eigenvalue weighted by Gasteiger charge is -2.37. The smallest absolute Gasteiger partial charge is 0.253 e. The Bertz CT molecular complexity index is 967. The van der Waals surface area contributed by atoms with Gasteiger partial charge in [0.2, 0.25) is 0 Å². The first-order valence-corrected chi connectivity index (χ1v) is 10.3. The normalized spacial score (nSPS) is 14.9. The fourth-order valence-electron chi connectivity index (χ4n) is 4.03. The van der Waals surface area contributed by atoms with E-state index < -0.39 is 0 Å². The van der Waals surface area contributed by atoms with Gasteiger partial charge in [-0.15, -0.1) is 0 Å². The van der Waals surface area contributed by atoms with Gasteiger partial charge in [0.15, 0.2) is 5.82 Å². The quantitative estimate of drug-likeness (QED) is 0.659. The minimum Gasteiger partial charge on any atom is -0.507 e. The van der Waals surface area contributed by atoms with E-state index in [1.54, 1.807) is 12.1 Å². The zero-order valence-corrected chi connectivity index (χ0v) is 17.2. The van der Waals surface area contributed by atoms with Crippen LogP contribution in [0.5, 0.6) is 5.75 Å². The Labute approximate surface area is 176 Å². The summed E-state index contributed by atoms with van der Waals surface area (Å²) in [5.74, 6) is 0.457. The van der Waals surface area contributed by atoms with Crippen LogP contribution in [-0.4, -0.2) is 68.7 Å². The van der Waals surface area contributed by atoms with Gasteiger partial charge in [-0.1, -0.05) is 30.3 Å². The average Bonchev–Trinajstić information content (AvgIpc) is 3.32. The molecule has 1 amide bonds. The Hall–Kier alpha value is -3.19. The predicted molar refractivity (Wildman–Crippen MR) is 115 cm³/mol. The van der Waals surface area contributed by atoms with Crippen LogP contribution in [0, 0.1) is 0 Å². The maximum absolute atomic E-state index is 12.9. The number of carbonyl (C=O) groups excluding carboxylic acids is 1. The van der Waals surface area contributed by atoms with Crippen molar-refractivity contribution in [2.45, 2.75) is 25.3 Å². The highest BCUT2D eigenvalue weighted by molar-refractivity contribution is 5.95. The zero-order chi connectivity index (χ0) is 20.9. The summed E-state index contributed by atoms with van der Waals surface area (Å²) < 4.78 is 0. The molecule has 4 rings (SSSR count). The van der Waals surface area contributed by atoms with E-state index in [9.17, 15) is 9.90 Å². The van der Waals surface area contributed by atoms with Gasteiger partial charge in [0, 0.05) is 31.2 Å². The Morgan fingerprint density at radius 3 is 2.63 bits per heavy atom. The van der Waals surface area contributed by atoms with E-state index >= 15 is 0 Å². The number of hydrogen-bond acceptors (Lipinski definition) is 5. The van der Waals surface area contributed by atoms with E-state index in [4.69, 9.17) is 0 Å². The van der Waals surface area contributed by atoms with Crippen LogP contribution in [0.3, 0.4) is 0 Å². The van der Waals surface area contributed by atoms with E-state index in [-0.39, 0.29) is 11.7 Å². The number of phenols is 1. The number of H-pyrrole nitrogens is 1. The molecule has 0 spiro atoms. The summed E-state index contributed by atoms with van der Waals surface area (Å²) in [6, 6.07) is 16.0. The second kappa shape index (κ2) is 9.09. The predicted octanol–water partition coefficient (Wildman–Crippen LogP) is 2.96. The van der Waals surface area contributed by atoms with Crippen molar-refractivity contribution in [2.75, 3.05) is 26.7 Å². The first-order valence-electron chi connectivity index (χ1n) is 10.3. The molecule has 0 atom stereocenters. The Morgan fingerprint density at radius 2 is 1.97 bits per heavy atom. The van der Waals surface area contributed by atoms with Gasteiger partial charge in [0.1, 0.15) is 12.1 Å². The molecule has 1 aromatic heterocycles. The number of likely N-dealkylation sites (tertiary alicyclic amines) is 1. The average molecular weight is 406 g/mol. The molecular weight excluding hydrogens is 378 g/mol. The van der Waals surface area contributed by atoms with Crippen molar-refractivity contribution >= 4 is 5.91 Å². The number of nitrogens with one attached hydrogen (secondary N) is 1. The Morgan fingerprint density at radius 1 is 1.20 bits per heavy atom. The number of aromatic nitrogens is 3. The van der Waals surface area contributed by atoms with Crippen molar-refractivity contribution in [2.24, 2.45) is 0 Å². The molecule has 2 N–H and O–H groups in total. The second-order valence-electron chi connectivity index (χ2n) is 7.81. The summed E-state index contributed by atoms with van der Waals surface area (Å²) >= 11 is 0. The molecular formula is C23H27N5O2. The molecule has 7 heteroatoms. The van der Waals surface area contributed by atoms with Gasteiger partial charge in [0.05, 0.1) is 5.56 Å². The number of amides is 1. The van der Waals surface area contributed by atoms with E-state index in [2.05, 4.69) is 51.4 Å². The van der Waals surface area contributed by atoms with Gasteiger partial charge >= 0.3 is 0 Å². The number of rotatable bonds is 6. The van der Waals surface area contributed by atoms with E-state index in [0.717, 1.165) is 38.9 Å². The Balaban J connectivity index is 1.31. The first-order chi connectivity index (χ1) is 14.6. The molecule has 2 aromatic carbocycles. The minimum absolute atomic E-state index is 0.0214. The maximum Gasteiger partial charge on any atom is 0.253 e. The van der Waals surface area contributed by atoms with Crippen molar-refractivity contribution in [1.29, 1.82) is 0 Å². The number of hydrogen-bond donors (Lipinski definition) is 2. The summed E-state index contributed by atoms with van der Waals surface area (Å²) in [6.45, 7) is 2.47. The topological polar surface area (TPSA) is 85.4 Å². The number of carbonyl (C=O) groups is 1. The number of piperidine rings is 1. The third-order valence-electron chi connectivity index (χ3n) is 5.89. The molecule has 30 heavy (non-hydrogen) atoms. The molecule has 156 valence electrons. The van der Waals surface area contributed by atoms with Crippen LogP contribution in [0.25, 0.3) is 11.4 Å². The first kappa shape index (κ1) is 20.1. The van der Waals surface area contributed by atoms with Gasteiger partial charge in [-0.3, -0.25) is 9.89 Å². The number of benzene rings is 2. The third-order valence-corrected chi connectivity index (χ3v) is 5.89. The molecule has 0 saturated carbocycles. The molecule has 1 fully saturated rings. The monoisotopic (exact) mass is 405 g/mol. The summed E-state index contributed by atoms with van der Waals surface area (Å²) in [5, 5.41) is 16.8. The molecule has 0 unspecified atom stereocenters. The molecule has 1 saturated heterocycles. The van der Waals surface area contributed by atoms with E-state index in [1.165, 1.54) is 18.0 Å². The largest absolute Gasteiger partial charge is 0.507 e. The van der Waals surface area contributed by atoms with Gasteiger partial charge < -0.3 is 14.9 Å². The molecule has 0 aliphatic carbocycles. The lowest BCUT2D eigenvalue weighted by atomic mass is 10.0. The van der Waals surface area contributed by atoms with Gasteiger partial charge in [-0.2, -0.15) is 5.10 Å². The molecule has 2 heterocycles. The fraction of sp³-hybridized carbons (Fsp3) is 0.348. The van der Waals surface area contributed by atoms with Crippen LogP contribution >= 0.6 is 0 Å². The summed E-state index contributed by atoms with van der Waals surface area (Å²) in [4.78, 5) is 21.2. The summed E-state index contributed by atoms with van der Waals surface area (Å²) in [7, 11) is 2.17. The van der Waals surface area contributed by atoms with Crippen LogP contribution in [0.2, 0.25) is 0 Å². The van der Waals surface area contributed by atoms with Crippen molar-refractivity contribution in [3.8, 4) is 17.1 Å². The van der Waals surface area contributed by atoms with Crippen LogP contribution in [0.15, 0.2) is 54.9 Å². The minimum atomic E-state index is -0.0418. The van der Waals surface area contributed by atoms with Crippen LogP contribution in [0.4, 0.5) is 0 Å². The number of nitrogens with zero attached hydrogens (tertiary/aromatic N) is 4. The molecule has 0 radical (unpaired) electrons. The molecule has 0 bridgehead atoms. The number of aromatic amines is 1. The van der Waals surface area contributed by atoms with Crippen LogP contribution in [-0.2, 0) is 6.42 Å². The molecule has 3 aromatic rings. The van der Waals surface area contributed by atoms with Crippen molar-refractivity contribution in [1.82, 2.24) is 25.0 Å². The van der Waals surface area contributed by atoms with Crippen molar-refractivity contribution in [3.63, 3.8) is 0 Å². The van der Waals surface area contributed by atoms with E-state index in [0.29, 0.717) is 23.0 Å². The lowest BCUT2D eigenvalue weighted by Crippen LogP contribution is -2.46. The SMILES string of the molecule is CN(CCc1ccccc1)C1CCN(C(=O)c2ccc(-c3ncn[nH]3)c(O)c2)CC1. The van der Waals surface area contributed by atoms with Gasteiger partial charge in [0.25, 0.3) is 5.91 Å². The molecule has 1 aliphatic rings. The second-order valence-corrected chi connectivity index (χ2v) is 7.81. The number of aromatic hydroxyl groups is 1. The highest BCUT2D eigenvalue weighted by Gasteiger charge is 2.26. The van der Waals surface area contributed by atoms with Gasteiger partial charge in [-0.05, 0) is 50.1 Å². The van der Waals surface area contributed by atoms with Crippen molar-refractivity contribution in [3.05, 3.63) is 66.0 Å². The van der Waals surface area contributed by atoms with E-state index in [1.807, 2.05) is 11.0 Å². The maximum atomic E-state index is 12.9. The molecule has 7 nitrogen and oxygen atoms in total. The fourth-order valence-corrected chi connectivity index (χ4v) is 4.03. The molecule has 1 aliphatic heterocycles. The summed E-state index contributed by atoms with van der Waals surface area (Å²) in [6.07, 6.45) is 4.33. The standard InChI is InChI=1S/C23H27N5O2/c1-27(12-9-17-5-3-2-4-6-17)19-10-13-28(14-11-19)23(30)18-7-8-20(21(29)15-18)22-24-16-25-26-22/h2-8,15-16,19,29H,9-14H2,1H3,(H,24,25,26). The summed E-state index contributed by atoms with van der Waals surface area (Å²) in [5.41, 5.74) is 2.37. The van der Waals surface area contributed by atoms with Gasteiger partial charge in [-0.25, -0.2) is 4.98 Å². The zero-order valence-electron chi connectivity index (χ0n) is 17.2. The highest BCUT2D eigenvalue weighted by Crippen LogP contribution is 2.28.